The zero-order valence-corrected chi connectivity index (χ0v) is 13.9. The van der Waals surface area contributed by atoms with Crippen molar-refractivity contribution in [2.24, 2.45) is 5.73 Å². The van der Waals surface area contributed by atoms with Crippen molar-refractivity contribution < 1.29 is 0 Å². The van der Waals surface area contributed by atoms with Gasteiger partial charge in [-0.3, -0.25) is 0 Å². The SMILES string of the molecule is NC(Cc1nc2c(s1)CCC2)c1ccc(-c2ccccc2)cc1. The summed E-state index contributed by atoms with van der Waals surface area (Å²) < 4.78 is 0. The highest BCUT2D eigenvalue weighted by Gasteiger charge is 2.18. The predicted molar refractivity (Wildman–Crippen MR) is 96.6 cm³/mol. The van der Waals surface area contributed by atoms with Crippen LogP contribution in [0.2, 0.25) is 0 Å². The maximum atomic E-state index is 6.40. The fourth-order valence-electron chi connectivity index (χ4n) is 3.19. The lowest BCUT2D eigenvalue weighted by atomic mass is 10.00. The molecule has 3 heteroatoms. The van der Waals surface area contributed by atoms with Gasteiger partial charge in [0.1, 0.15) is 0 Å². The molecule has 0 saturated carbocycles. The van der Waals surface area contributed by atoms with Gasteiger partial charge in [0.25, 0.3) is 0 Å². The highest BCUT2D eigenvalue weighted by Crippen LogP contribution is 2.30. The molecular formula is C20H20N2S. The Balaban J connectivity index is 1.48. The summed E-state index contributed by atoms with van der Waals surface area (Å²) in [6.45, 7) is 0. The Kier molecular flexibility index (Phi) is 3.98. The fraction of sp³-hybridized carbons (Fsp3) is 0.250. The number of thiazole rings is 1. The van der Waals surface area contributed by atoms with Crippen LogP contribution >= 0.6 is 11.3 Å². The average molecular weight is 320 g/mol. The van der Waals surface area contributed by atoms with Gasteiger partial charge in [0, 0.05) is 17.3 Å². The lowest BCUT2D eigenvalue weighted by molar-refractivity contribution is 0.715. The first-order chi connectivity index (χ1) is 11.3. The summed E-state index contributed by atoms with van der Waals surface area (Å²) in [5.41, 5.74) is 11.4. The molecule has 116 valence electrons. The number of aromatic nitrogens is 1. The summed E-state index contributed by atoms with van der Waals surface area (Å²) in [6.07, 6.45) is 4.45. The van der Waals surface area contributed by atoms with Crippen LogP contribution in [0.4, 0.5) is 0 Å². The van der Waals surface area contributed by atoms with Gasteiger partial charge in [-0.2, -0.15) is 0 Å². The predicted octanol–water partition coefficient (Wildman–Crippen LogP) is 4.54. The third-order valence-electron chi connectivity index (χ3n) is 4.48. The third-order valence-corrected chi connectivity index (χ3v) is 5.66. The number of nitrogens with zero attached hydrogens (tertiary/aromatic N) is 1. The quantitative estimate of drug-likeness (QED) is 0.766. The van der Waals surface area contributed by atoms with Crippen LogP contribution in [0, 0.1) is 0 Å². The zero-order valence-electron chi connectivity index (χ0n) is 13.0. The molecule has 0 fully saturated rings. The van der Waals surface area contributed by atoms with Gasteiger partial charge < -0.3 is 5.73 Å². The molecule has 0 spiro atoms. The first kappa shape index (κ1) is 14.6. The van der Waals surface area contributed by atoms with E-state index in [1.54, 1.807) is 0 Å². The molecule has 1 atom stereocenters. The van der Waals surface area contributed by atoms with Gasteiger partial charge in [0.05, 0.1) is 10.7 Å². The van der Waals surface area contributed by atoms with E-state index in [4.69, 9.17) is 10.7 Å². The van der Waals surface area contributed by atoms with Crippen LogP contribution in [0.1, 0.15) is 33.6 Å². The number of aryl methyl sites for hydroxylation is 2. The smallest absolute Gasteiger partial charge is 0.0950 e. The van der Waals surface area contributed by atoms with Crippen LogP contribution in [-0.4, -0.2) is 4.98 Å². The number of fused-ring (bicyclic) bond motifs is 1. The van der Waals surface area contributed by atoms with Crippen LogP contribution in [0.5, 0.6) is 0 Å². The molecule has 2 aromatic carbocycles. The summed E-state index contributed by atoms with van der Waals surface area (Å²) >= 11 is 1.85. The van der Waals surface area contributed by atoms with E-state index in [0.717, 1.165) is 12.8 Å². The van der Waals surface area contributed by atoms with Crippen LogP contribution in [0.15, 0.2) is 54.6 Å². The summed E-state index contributed by atoms with van der Waals surface area (Å²) in [5, 5.41) is 1.19. The molecule has 3 aromatic rings. The normalized spacial score (nSPS) is 14.7. The van der Waals surface area contributed by atoms with Crippen molar-refractivity contribution in [3.63, 3.8) is 0 Å². The molecule has 0 saturated heterocycles. The van der Waals surface area contributed by atoms with Crippen LogP contribution in [0.3, 0.4) is 0 Å². The molecule has 1 unspecified atom stereocenters. The number of benzene rings is 2. The van der Waals surface area contributed by atoms with Crippen molar-refractivity contribution in [2.45, 2.75) is 31.7 Å². The molecule has 23 heavy (non-hydrogen) atoms. The Morgan fingerprint density at radius 2 is 1.70 bits per heavy atom. The molecule has 1 aliphatic carbocycles. The van der Waals surface area contributed by atoms with E-state index >= 15 is 0 Å². The molecule has 0 bridgehead atoms. The van der Waals surface area contributed by atoms with Gasteiger partial charge in [-0.25, -0.2) is 4.98 Å². The van der Waals surface area contributed by atoms with Gasteiger partial charge in [-0.15, -0.1) is 11.3 Å². The molecule has 1 heterocycles. The maximum Gasteiger partial charge on any atom is 0.0950 e. The van der Waals surface area contributed by atoms with Crippen LogP contribution < -0.4 is 5.73 Å². The number of hydrogen-bond donors (Lipinski definition) is 1. The van der Waals surface area contributed by atoms with Crippen LogP contribution in [-0.2, 0) is 19.3 Å². The molecule has 0 radical (unpaired) electrons. The lowest BCUT2D eigenvalue weighted by Crippen LogP contribution is -2.13. The van der Waals surface area contributed by atoms with E-state index in [-0.39, 0.29) is 6.04 Å². The molecule has 2 N–H and O–H groups in total. The minimum Gasteiger partial charge on any atom is -0.324 e. The fourth-order valence-corrected chi connectivity index (χ4v) is 4.41. The Morgan fingerprint density at radius 3 is 2.43 bits per heavy atom. The Bertz CT molecular complexity index is 769. The molecule has 1 aromatic heterocycles. The number of rotatable bonds is 4. The standard InChI is InChI=1S/C20H20N2S/c21-17(13-20-22-18-7-4-8-19(18)23-20)16-11-9-15(10-12-16)14-5-2-1-3-6-14/h1-3,5-6,9-12,17H,4,7-8,13,21H2. The van der Waals surface area contributed by atoms with E-state index in [1.165, 1.54) is 45.1 Å². The monoisotopic (exact) mass is 320 g/mol. The van der Waals surface area contributed by atoms with E-state index in [9.17, 15) is 0 Å². The van der Waals surface area contributed by atoms with Gasteiger partial charge in [-0.05, 0) is 36.0 Å². The zero-order chi connectivity index (χ0) is 15.6. The maximum absolute atomic E-state index is 6.40. The minimum atomic E-state index is 0.0195. The summed E-state index contributed by atoms with van der Waals surface area (Å²) in [6, 6.07) is 19.1. The molecule has 4 rings (SSSR count). The van der Waals surface area contributed by atoms with Gasteiger partial charge >= 0.3 is 0 Å². The molecule has 1 aliphatic rings. The molecule has 0 aliphatic heterocycles. The topological polar surface area (TPSA) is 38.9 Å². The largest absolute Gasteiger partial charge is 0.324 e. The van der Waals surface area contributed by atoms with E-state index < -0.39 is 0 Å². The second-order valence-corrected chi connectivity index (χ2v) is 7.30. The first-order valence-corrected chi connectivity index (χ1v) is 8.99. The van der Waals surface area contributed by atoms with E-state index in [0.29, 0.717) is 0 Å². The Morgan fingerprint density at radius 1 is 0.957 bits per heavy atom. The average Bonchev–Trinajstić information content (AvgIpc) is 3.17. The van der Waals surface area contributed by atoms with Crippen LogP contribution in [0.25, 0.3) is 11.1 Å². The summed E-state index contributed by atoms with van der Waals surface area (Å²) in [7, 11) is 0. The van der Waals surface area contributed by atoms with Crippen molar-refractivity contribution >= 4 is 11.3 Å². The van der Waals surface area contributed by atoms with Crippen molar-refractivity contribution in [1.82, 2.24) is 4.98 Å². The van der Waals surface area contributed by atoms with E-state index in [1.807, 2.05) is 17.4 Å². The minimum absolute atomic E-state index is 0.0195. The Hall–Kier alpha value is -1.97. The first-order valence-electron chi connectivity index (χ1n) is 8.18. The third kappa shape index (κ3) is 3.07. The highest BCUT2D eigenvalue weighted by molar-refractivity contribution is 7.11. The second-order valence-electron chi connectivity index (χ2n) is 6.13. The van der Waals surface area contributed by atoms with Crippen molar-refractivity contribution in [1.29, 1.82) is 0 Å². The molecular weight excluding hydrogens is 300 g/mol. The number of nitrogens with two attached hydrogens (primary N) is 1. The summed E-state index contributed by atoms with van der Waals surface area (Å²) in [5.74, 6) is 0. The van der Waals surface area contributed by atoms with Gasteiger partial charge in [0.15, 0.2) is 0 Å². The molecule has 2 nitrogen and oxygen atoms in total. The second kappa shape index (κ2) is 6.26. The lowest BCUT2D eigenvalue weighted by Gasteiger charge is -2.11. The van der Waals surface area contributed by atoms with Gasteiger partial charge in [0.2, 0.25) is 0 Å². The number of hydrogen-bond acceptors (Lipinski definition) is 3. The van der Waals surface area contributed by atoms with Crippen molar-refractivity contribution in [3.8, 4) is 11.1 Å². The van der Waals surface area contributed by atoms with E-state index in [2.05, 4.69) is 48.5 Å². The Labute approximate surface area is 141 Å². The van der Waals surface area contributed by atoms with Crippen molar-refractivity contribution in [2.75, 3.05) is 0 Å². The summed E-state index contributed by atoms with van der Waals surface area (Å²) in [4.78, 5) is 6.24. The van der Waals surface area contributed by atoms with Crippen molar-refractivity contribution in [3.05, 3.63) is 75.7 Å². The van der Waals surface area contributed by atoms with Gasteiger partial charge in [-0.1, -0.05) is 54.6 Å². The molecule has 0 amide bonds. The highest BCUT2D eigenvalue weighted by atomic mass is 32.1.